The molecule has 3 nitrogen and oxygen atoms in total. The fraction of sp³-hybridized carbons (Fsp3) is 0.312. The van der Waals surface area contributed by atoms with Gasteiger partial charge in [0.1, 0.15) is 6.10 Å². The minimum Gasteiger partial charge on any atom is -0.384 e. The summed E-state index contributed by atoms with van der Waals surface area (Å²) in [5.41, 5.74) is 4.11. The molecule has 1 aliphatic rings. The van der Waals surface area contributed by atoms with Crippen LogP contribution in [0.2, 0.25) is 0 Å². The molecule has 0 saturated heterocycles. The molecule has 2 heterocycles. The first-order chi connectivity index (χ1) is 9.41. The van der Waals surface area contributed by atoms with Crippen LogP contribution in [0.5, 0.6) is 0 Å². The lowest BCUT2D eigenvalue weighted by molar-refractivity contribution is -0.119. The Kier molecular flexibility index (Phi) is 2.96. The number of aryl methyl sites for hydroxylation is 1. The molecule has 0 fully saturated rings. The van der Waals surface area contributed by atoms with Crippen molar-refractivity contribution in [3.05, 3.63) is 51.2 Å². The van der Waals surface area contributed by atoms with E-state index in [0.29, 0.717) is 0 Å². The van der Waals surface area contributed by atoms with Crippen LogP contribution < -0.4 is 5.32 Å². The smallest absolute Gasteiger partial charge is 0.234 e. The number of aliphatic hydroxyl groups is 1. The number of anilines is 1. The average molecular weight is 287 g/mol. The van der Waals surface area contributed by atoms with Gasteiger partial charge in [-0.3, -0.25) is 4.79 Å². The van der Waals surface area contributed by atoms with E-state index >= 15 is 0 Å². The third-order valence-electron chi connectivity index (χ3n) is 4.04. The van der Waals surface area contributed by atoms with Crippen molar-refractivity contribution in [2.45, 2.75) is 32.3 Å². The van der Waals surface area contributed by atoms with Crippen LogP contribution in [0.4, 0.5) is 5.69 Å². The second kappa shape index (κ2) is 4.43. The Morgan fingerprint density at radius 3 is 2.70 bits per heavy atom. The second-order valence-corrected chi connectivity index (χ2v) is 6.54. The van der Waals surface area contributed by atoms with Crippen molar-refractivity contribution in [2.24, 2.45) is 0 Å². The molecule has 2 aromatic rings. The molecule has 0 spiro atoms. The summed E-state index contributed by atoms with van der Waals surface area (Å²) in [6.45, 7) is 5.80. The second-order valence-electron chi connectivity index (χ2n) is 5.80. The Morgan fingerprint density at radius 1 is 1.30 bits per heavy atom. The first-order valence-electron chi connectivity index (χ1n) is 6.58. The summed E-state index contributed by atoms with van der Waals surface area (Å²) < 4.78 is 0. The van der Waals surface area contributed by atoms with E-state index in [2.05, 4.69) is 5.32 Å². The van der Waals surface area contributed by atoms with Crippen molar-refractivity contribution in [1.82, 2.24) is 0 Å². The van der Waals surface area contributed by atoms with Crippen molar-refractivity contribution in [2.75, 3.05) is 5.32 Å². The van der Waals surface area contributed by atoms with Crippen LogP contribution in [0, 0.1) is 6.92 Å². The van der Waals surface area contributed by atoms with Crippen LogP contribution in [-0.4, -0.2) is 11.0 Å². The molecule has 1 aromatic heterocycles. The highest BCUT2D eigenvalue weighted by Crippen LogP contribution is 2.39. The molecule has 1 unspecified atom stereocenters. The molecule has 0 bridgehead atoms. The number of amides is 1. The van der Waals surface area contributed by atoms with Crippen LogP contribution >= 0.6 is 11.3 Å². The van der Waals surface area contributed by atoms with Crippen molar-refractivity contribution in [3.8, 4) is 0 Å². The van der Waals surface area contributed by atoms with Gasteiger partial charge in [0.15, 0.2) is 0 Å². The molecular formula is C16H17NO2S. The van der Waals surface area contributed by atoms with E-state index in [-0.39, 0.29) is 5.91 Å². The number of aliphatic hydroxyl groups excluding tert-OH is 1. The standard InChI is InChI=1S/C16H17NO2S/c1-9-7-20-8-11(9)14(18)10-4-5-13-12(6-10)16(2,3)15(19)17-13/h4-8,14,18H,1-3H3,(H,17,19). The Morgan fingerprint density at radius 2 is 2.05 bits per heavy atom. The summed E-state index contributed by atoms with van der Waals surface area (Å²) >= 11 is 1.59. The van der Waals surface area contributed by atoms with Gasteiger partial charge in [-0.1, -0.05) is 6.07 Å². The van der Waals surface area contributed by atoms with Crippen molar-refractivity contribution in [3.63, 3.8) is 0 Å². The Labute approximate surface area is 122 Å². The Hall–Kier alpha value is -1.65. The van der Waals surface area contributed by atoms with Crippen LogP contribution in [0.3, 0.4) is 0 Å². The molecule has 1 aromatic carbocycles. The molecule has 2 N–H and O–H groups in total. The van der Waals surface area contributed by atoms with Gasteiger partial charge in [0, 0.05) is 5.69 Å². The third kappa shape index (κ3) is 1.87. The van der Waals surface area contributed by atoms with Gasteiger partial charge < -0.3 is 10.4 Å². The first-order valence-corrected chi connectivity index (χ1v) is 7.52. The zero-order valence-electron chi connectivity index (χ0n) is 11.7. The molecule has 3 rings (SSSR count). The number of benzene rings is 1. The molecule has 1 aliphatic heterocycles. The maximum Gasteiger partial charge on any atom is 0.234 e. The van der Waals surface area contributed by atoms with E-state index in [1.807, 2.05) is 49.7 Å². The monoisotopic (exact) mass is 287 g/mol. The van der Waals surface area contributed by atoms with E-state index in [9.17, 15) is 9.90 Å². The summed E-state index contributed by atoms with van der Waals surface area (Å²) in [6, 6.07) is 5.69. The average Bonchev–Trinajstić information content (AvgIpc) is 2.92. The summed E-state index contributed by atoms with van der Waals surface area (Å²) in [5, 5.41) is 17.4. The van der Waals surface area contributed by atoms with Gasteiger partial charge in [0.2, 0.25) is 5.91 Å². The van der Waals surface area contributed by atoms with Crippen molar-refractivity contribution in [1.29, 1.82) is 0 Å². The zero-order chi connectivity index (χ0) is 14.5. The Bertz CT molecular complexity index is 688. The van der Waals surface area contributed by atoms with Gasteiger partial charge in [-0.15, -0.1) is 0 Å². The van der Waals surface area contributed by atoms with E-state index in [1.54, 1.807) is 11.3 Å². The van der Waals surface area contributed by atoms with E-state index < -0.39 is 11.5 Å². The lowest BCUT2D eigenvalue weighted by atomic mass is 9.84. The molecule has 0 radical (unpaired) electrons. The van der Waals surface area contributed by atoms with Gasteiger partial charge in [0.05, 0.1) is 5.41 Å². The highest BCUT2D eigenvalue weighted by atomic mass is 32.1. The topological polar surface area (TPSA) is 49.3 Å². The Balaban J connectivity index is 2.04. The maximum absolute atomic E-state index is 11.9. The molecule has 20 heavy (non-hydrogen) atoms. The van der Waals surface area contributed by atoms with Crippen LogP contribution in [-0.2, 0) is 10.2 Å². The number of rotatable bonds is 2. The summed E-state index contributed by atoms with van der Waals surface area (Å²) in [7, 11) is 0. The van der Waals surface area contributed by atoms with Crippen LogP contribution in [0.15, 0.2) is 29.0 Å². The maximum atomic E-state index is 11.9. The number of thiophene rings is 1. The number of hydrogen-bond acceptors (Lipinski definition) is 3. The van der Waals surface area contributed by atoms with Crippen molar-refractivity contribution >= 4 is 22.9 Å². The summed E-state index contributed by atoms with van der Waals surface area (Å²) in [4.78, 5) is 11.9. The van der Waals surface area contributed by atoms with E-state index in [4.69, 9.17) is 0 Å². The normalized spacial score (nSPS) is 17.7. The highest BCUT2D eigenvalue weighted by Gasteiger charge is 2.38. The number of carbonyl (C=O) groups excluding carboxylic acids is 1. The molecule has 104 valence electrons. The quantitative estimate of drug-likeness (QED) is 0.889. The zero-order valence-corrected chi connectivity index (χ0v) is 12.5. The lowest BCUT2D eigenvalue weighted by Crippen LogP contribution is -2.26. The molecule has 0 saturated carbocycles. The number of nitrogens with one attached hydrogen (secondary N) is 1. The summed E-state index contributed by atoms with van der Waals surface area (Å²) in [6.07, 6.45) is -0.641. The van der Waals surface area contributed by atoms with Gasteiger partial charge in [0.25, 0.3) is 0 Å². The summed E-state index contributed by atoms with van der Waals surface area (Å²) in [5.74, 6) is 0.00542. The lowest BCUT2D eigenvalue weighted by Gasteiger charge is -2.18. The molecule has 0 aliphatic carbocycles. The van der Waals surface area contributed by atoms with Gasteiger partial charge in [-0.25, -0.2) is 0 Å². The number of hydrogen-bond donors (Lipinski definition) is 2. The minimum absolute atomic E-state index is 0.00542. The predicted molar refractivity (Wildman–Crippen MR) is 81.2 cm³/mol. The highest BCUT2D eigenvalue weighted by molar-refractivity contribution is 7.08. The van der Waals surface area contributed by atoms with Crippen LogP contribution in [0.25, 0.3) is 0 Å². The third-order valence-corrected chi connectivity index (χ3v) is 4.92. The molecule has 1 amide bonds. The number of fused-ring (bicyclic) bond motifs is 1. The van der Waals surface area contributed by atoms with E-state index in [0.717, 1.165) is 27.9 Å². The first kappa shape index (κ1) is 13.3. The van der Waals surface area contributed by atoms with Crippen LogP contribution in [0.1, 0.15) is 42.2 Å². The largest absolute Gasteiger partial charge is 0.384 e. The van der Waals surface area contributed by atoms with Gasteiger partial charge in [-0.05, 0) is 65.9 Å². The SMILES string of the molecule is Cc1cscc1C(O)c1ccc2c(c1)C(C)(C)C(=O)N2. The van der Waals surface area contributed by atoms with Crippen molar-refractivity contribution < 1.29 is 9.90 Å². The van der Waals surface area contributed by atoms with Gasteiger partial charge >= 0.3 is 0 Å². The molecular weight excluding hydrogens is 270 g/mol. The minimum atomic E-state index is -0.641. The molecule has 1 atom stereocenters. The predicted octanol–water partition coefficient (Wildman–Crippen LogP) is 3.37. The molecule has 4 heteroatoms. The van der Waals surface area contributed by atoms with E-state index in [1.165, 1.54) is 0 Å². The fourth-order valence-corrected chi connectivity index (χ4v) is 3.46. The van der Waals surface area contributed by atoms with Gasteiger partial charge in [-0.2, -0.15) is 11.3 Å². The fourth-order valence-electron chi connectivity index (χ4n) is 2.59. The number of carbonyl (C=O) groups is 1.